The van der Waals surface area contributed by atoms with Crippen LogP contribution in [0.3, 0.4) is 0 Å². The third-order valence-electron chi connectivity index (χ3n) is 4.12. The van der Waals surface area contributed by atoms with Gasteiger partial charge in [-0.1, -0.05) is 6.07 Å². The molecule has 1 aromatic rings. The molecule has 1 fully saturated rings. The van der Waals surface area contributed by atoms with Gasteiger partial charge in [0, 0.05) is 24.8 Å². The van der Waals surface area contributed by atoms with Gasteiger partial charge < -0.3 is 15.1 Å². The van der Waals surface area contributed by atoms with E-state index >= 15 is 0 Å². The standard InChI is InChI=1S/C16H24FN3O2S2/c1-12-4-5-13(10-15(12)17)18-16(23)20(8-7-19(2)3)14-6-9-24(21,22)11-14/h4-5,10,14H,6-9,11H2,1-3H3,(H,18,23)/t14-/m0/s1. The molecule has 2 rings (SSSR count). The first kappa shape index (κ1) is 19.1. The van der Waals surface area contributed by atoms with Gasteiger partial charge in [-0.3, -0.25) is 0 Å². The molecule has 8 heteroatoms. The highest BCUT2D eigenvalue weighted by Gasteiger charge is 2.33. The monoisotopic (exact) mass is 373 g/mol. The summed E-state index contributed by atoms with van der Waals surface area (Å²) in [5.41, 5.74) is 1.14. The summed E-state index contributed by atoms with van der Waals surface area (Å²) in [5, 5.41) is 3.47. The third-order valence-corrected chi connectivity index (χ3v) is 6.21. The summed E-state index contributed by atoms with van der Waals surface area (Å²) in [5.74, 6) is 0.00803. The van der Waals surface area contributed by atoms with Crippen LogP contribution in [0.15, 0.2) is 18.2 Å². The first-order valence-corrected chi connectivity index (χ1v) is 10.1. The smallest absolute Gasteiger partial charge is 0.173 e. The number of thiocarbonyl (C=S) groups is 1. The number of halogens is 1. The lowest BCUT2D eigenvalue weighted by molar-refractivity contribution is 0.289. The van der Waals surface area contributed by atoms with E-state index in [1.165, 1.54) is 6.07 Å². The van der Waals surface area contributed by atoms with Crippen molar-refractivity contribution in [3.8, 4) is 0 Å². The highest BCUT2D eigenvalue weighted by atomic mass is 32.2. The normalized spacial score (nSPS) is 19.5. The quantitative estimate of drug-likeness (QED) is 0.796. The predicted molar refractivity (Wildman–Crippen MR) is 99.7 cm³/mol. The fourth-order valence-corrected chi connectivity index (χ4v) is 4.73. The minimum atomic E-state index is -3.00. The molecular formula is C16H24FN3O2S2. The number of benzene rings is 1. The fraction of sp³-hybridized carbons (Fsp3) is 0.562. The van der Waals surface area contributed by atoms with Crippen LogP contribution in [0.1, 0.15) is 12.0 Å². The van der Waals surface area contributed by atoms with Crippen molar-refractivity contribution in [2.24, 2.45) is 0 Å². The highest BCUT2D eigenvalue weighted by molar-refractivity contribution is 7.91. The average Bonchev–Trinajstić information content (AvgIpc) is 2.83. The Morgan fingerprint density at radius 3 is 2.62 bits per heavy atom. The van der Waals surface area contributed by atoms with Crippen LogP contribution in [-0.2, 0) is 9.84 Å². The summed E-state index contributed by atoms with van der Waals surface area (Å²) < 4.78 is 37.3. The van der Waals surface area contributed by atoms with Crippen LogP contribution in [0.2, 0.25) is 0 Å². The number of hydrogen-bond donors (Lipinski definition) is 1. The minimum Gasteiger partial charge on any atom is -0.344 e. The van der Waals surface area contributed by atoms with Gasteiger partial charge in [-0.15, -0.1) is 0 Å². The first-order chi connectivity index (χ1) is 11.2. The van der Waals surface area contributed by atoms with Gasteiger partial charge in [-0.2, -0.15) is 0 Å². The van der Waals surface area contributed by atoms with Crippen LogP contribution in [0.5, 0.6) is 0 Å². The maximum Gasteiger partial charge on any atom is 0.173 e. The van der Waals surface area contributed by atoms with E-state index in [1.807, 2.05) is 23.9 Å². The second kappa shape index (κ2) is 7.76. The van der Waals surface area contributed by atoms with Crippen molar-refractivity contribution in [2.45, 2.75) is 19.4 Å². The van der Waals surface area contributed by atoms with Gasteiger partial charge >= 0.3 is 0 Å². The molecule has 1 N–H and O–H groups in total. The van der Waals surface area contributed by atoms with Crippen LogP contribution in [0, 0.1) is 12.7 Å². The summed E-state index contributed by atoms with van der Waals surface area (Å²) in [7, 11) is 0.907. The third kappa shape index (κ3) is 5.12. The van der Waals surface area contributed by atoms with Gasteiger partial charge in [0.15, 0.2) is 14.9 Å². The molecule has 0 amide bonds. The molecule has 5 nitrogen and oxygen atoms in total. The summed E-state index contributed by atoms with van der Waals surface area (Å²) in [4.78, 5) is 3.93. The maximum atomic E-state index is 13.7. The molecule has 1 aliphatic rings. The zero-order chi connectivity index (χ0) is 17.9. The minimum absolute atomic E-state index is 0.116. The van der Waals surface area contributed by atoms with Crippen LogP contribution in [-0.4, -0.2) is 68.1 Å². The molecule has 0 bridgehead atoms. The number of sulfone groups is 1. The van der Waals surface area contributed by atoms with Crippen molar-refractivity contribution >= 4 is 32.9 Å². The van der Waals surface area contributed by atoms with E-state index in [0.29, 0.717) is 29.3 Å². The molecule has 1 heterocycles. The second-order valence-corrected chi connectivity index (χ2v) is 9.06. The Hall–Kier alpha value is -1.25. The van der Waals surface area contributed by atoms with E-state index < -0.39 is 9.84 Å². The molecule has 1 saturated heterocycles. The molecule has 1 aromatic carbocycles. The Bertz CT molecular complexity index is 707. The Morgan fingerprint density at radius 1 is 1.38 bits per heavy atom. The summed E-state index contributed by atoms with van der Waals surface area (Å²) in [6.07, 6.45) is 0.569. The fourth-order valence-electron chi connectivity index (χ4n) is 2.64. The van der Waals surface area contributed by atoms with Gasteiger partial charge in [0.25, 0.3) is 0 Å². The Labute approximate surface area is 148 Å². The van der Waals surface area contributed by atoms with Gasteiger partial charge in [-0.25, -0.2) is 12.8 Å². The summed E-state index contributed by atoms with van der Waals surface area (Å²) in [6, 6.07) is 4.72. The van der Waals surface area contributed by atoms with Crippen molar-refractivity contribution in [1.82, 2.24) is 9.80 Å². The number of rotatable bonds is 5. The number of likely N-dealkylation sites (N-methyl/N-ethyl adjacent to an activating group) is 1. The Morgan fingerprint density at radius 2 is 2.08 bits per heavy atom. The van der Waals surface area contributed by atoms with E-state index in [2.05, 4.69) is 5.32 Å². The zero-order valence-electron chi connectivity index (χ0n) is 14.3. The Kier molecular flexibility index (Phi) is 6.17. The molecule has 0 saturated carbocycles. The molecule has 0 spiro atoms. The van der Waals surface area contributed by atoms with Crippen molar-refractivity contribution in [3.63, 3.8) is 0 Å². The van der Waals surface area contributed by atoms with E-state index in [9.17, 15) is 12.8 Å². The molecule has 1 atom stereocenters. The molecule has 134 valence electrons. The van der Waals surface area contributed by atoms with E-state index in [0.717, 1.165) is 6.54 Å². The van der Waals surface area contributed by atoms with Crippen LogP contribution >= 0.6 is 12.2 Å². The van der Waals surface area contributed by atoms with Crippen molar-refractivity contribution in [1.29, 1.82) is 0 Å². The lowest BCUT2D eigenvalue weighted by Crippen LogP contribution is -2.46. The van der Waals surface area contributed by atoms with Gasteiger partial charge in [0.05, 0.1) is 11.5 Å². The zero-order valence-corrected chi connectivity index (χ0v) is 15.9. The Balaban J connectivity index is 2.12. The van der Waals surface area contributed by atoms with Crippen LogP contribution in [0.25, 0.3) is 0 Å². The largest absolute Gasteiger partial charge is 0.344 e. The summed E-state index contributed by atoms with van der Waals surface area (Å²) in [6.45, 7) is 3.07. The molecule has 0 radical (unpaired) electrons. The number of anilines is 1. The molecule has 0 unspecified atom stereocenters. The number of nitrogens with zero attached hydrogens (tertiary/aromatic N) is 2. The van der Waals surface area contributed by atoms with Gasteiger partial charge in [0.2, 0.25) is 0 Å². The van der Waals surface area contributed by atoms with Crippen molar-refractivity contribution in [3.05, 3.63) is 29.6 Å². The molecular weight excluding hydrogens is 349 g/mol. The molecule has 0 aliphatic carbocycles. The molecule has 1 aliphatic heterocycles. The summed E-state index contributed by atoms with van der Waals surface area (Å²) >= 11 is 5.48. The van der Waals surface area contributed by atoms with Crippen molar-refractivity contribution in [2.75, 3.05) is 44.0 Å². The number of nitrogens with one attached hydrogen (secondary N) is 1. The second-order valence-electron chi connectivity index (χ2n) is 6.45. The molecule has 24 heavy (non-hydrogen) atoms. The highest BCUT2D eigenvalue weighted by Crippen LogP contribution is 2.20. The van der Waals surface area contributed by atoms with Crippen LogP contribution in [0.4, 0.5) is 10.1 Å². The topological polar surface area (TPSA) is 52.6 Å². The number of hydrogen-bond acceptors (Lipinski definition) is 4. The van der Waals surface area contributed by atoms with Gasteiger partial charge in [0.1, 0.15) is 5.82 Å². The van der Waals surface area contributed by atoms with Crippen molar-refractivity contribution < 1.29 is 12.8 Å². The van der Waals surface area contributed by atoms with E-state index in [-0.39, 0.29) is 23.4 Å². The lowest BCUT2D eigenvalue weighted by atomic mass is 10.2. The van der Waals surface area contributed by atoms with E-state index in [4.69, 9.17) is 12.2 Å². The first-order valence-electron chi connectivity index (χ1n) is 7.87. The maximum absolute atomic E-state index is 13.7. The van der Waals surface area contributed by atoms with Gasteiger partial charge in [-0.05, 0) is 57.4 Å². The number of aryl methyl sites for hydroxylation is 1. The SMILES string of the molecule is Cc1ccc(NC(=S)N(CCN(C)C)[C@H]2CCS(=O)(=O)C2)cc1F. The lowest BCUT2D eigenvalue weighted by Gasteiger charge is -2.32. The average molecular weight is 374 g/mol. The van der Waals surface area contributed by atoms with E-state index in [1.54, 1.807) is 19.1 Å². The predicted octanol–water partition coefficient (Wildman–Crippen LogP) is 1.88. The molecule has 0 aromatic heterocycles. The van der Waals surface area contributed by atoms with Crippen LogP contribution < -0.4 is 5.32 Å².